The van der Waals surface area contributed by atoms with E-state index in [4.69, 9.17) is 18.9 Å². The highest BCUT2D eigenvalue weighted by atomic mass is 32.2. The molecule has 3 aromatic carbocycles. The number of carbonyl (C=O) groups excluding carboxylic acids is 2. The molecule has 4 rings (SSSR count). The van der Waals surface area contributed by atoms with Gasteiger partial charge >= 0.3 is 5.97 Å². The maximum Gasteiger partial charge on any atom is 0.348 e. The number of rotatable bonds is 10. The van der Waals surface area contributed by atoms with E-state index >= 15 is 0 Å². The summed E-state index contributed by atoms with van der Waals surface area (Å²) in [7, 11) is -0.0393. The molecule has 1 heterocycles. The van der Waals surface area contributed by atoms with Crippen LogP contribution in [-0.4, -0.2) is 71.7 Å². The van der Waals surface area contributed by atoms with Crippen LogP contribution in [0, 0.1) is 0 Å². The number of amides is 1. The molecule has 1 atom stereocenters. The van der Waals surface area contributed by atoms with E-state index < -0.39 is 34.5 Å². The molecule has 0 N–H and O–H groups in total. The summed E-state index contributed by atoms with van der Waals surface area (Å²) in [5.41, 5.74) is 1.36. The fourth-order valence-corrected chi connectivity index (χ4v) is 5.68. The molecule has 1 amide bonds. The smallest absolute Gasteiger partial charge is 0.348 e. The third-order valence-corrected chi connectivity index (χ3v) is 8.18. The van der Waals surface area contributed by atoms with Crippen LogP contribution in [0.4, 0.5) is 5.69 Å². The molecule has 0 fully saturated rings. The highest BCUT2D eigenvalue weighted by Gasteiger charge is 2.36. The number of benzene rings is 3. The second-order valence-corrected chi connectivity index (χ2v) is 10.6. The number of hydrogen-bond donors (Lipinski definition) is 0. The van der Waals surface area contributed by atoms with E-state index in [1.54, 1.807) is 24.3 Å². The Balaban J connectivity index is 1.67. The lowest BCUT2D eigenvalue weighted by atomic mass is 10.1. The minimum atomic E-state index is -4.15. The Kier molecular flexibility index (Phi) is 8.72. The lowest BCUT2D eigenvalue weighted by molar-refractivity contribution is -0.148. The molecule has 1 aliphatic rings. The summed E-state index contributed by atoms with van der Waals surface area (Å²) >= 11 is 0. The maximum absolute atomic E-state index is 13.9. The predicted molar refractivity (Wildman–Crippen MR) is 144 cm³/mol. The number of para-hydroxylation sites is 2. The SMILES string of the molecule is COC(=O)C1CN(C(=O)CN(CCc2ccccc2)S(=O)(=O)c2ccc(OC)c(OC)c2)c2ccccc2O1. The molecule has 39 heavy (non-hydrogen) atoms. The molecule has 1 aliphatic heterocycles. The standard InChI is InChI=1S/C28H30N2O8S/c1-35-24-14-13-21(17-25(24)36-2)39(33,34)29(16-15-20-9-5-4-6-10-20)19-27(31)30-18-26(28(32)37-3)38-23-12-8-7-11-22(23)30/h4-14,17,26H,15-16,18-19H2,1-3H3. The lowest BCUT2D eigenvalue weighted by Crippen LogP contribution is -2.51. The lowest BCUT2D eigenvalue weighted by Gasteiger charge is -2.34. The number of hydrogen-bond acceptors (Lipinski definition) is 8. The third kappa shape index (κ3) is 6.15. The van der Waals surface area contributed by atoms with Gasteiger partial charge in [0.15, 0.2) is 11.5 Å². The first-order valence-electron chi connectivity index (χ1n) is 12.2. The summed E-state index contributed by atoms with van der Waals surface area (Å²) in [4.78, 5) is 27.3. The molecule has 1 unspecified atom stereocenters. The first-order valence-corrected chi connectivity index (χ1v) is 13.6. The average Bonchev–Trinajstić information content (AvgIpc) is 2.97. The van der Waals surface area contributed by atoms with Gasteiger partial charge in [0.25, 0.3) is 0 Å². The highest BCUT2D eigenvalue weighted by Crippen LogP contribution is 2.34. The Morgan fingerprint density at radius 2 is 1.64 bits per heavy atom. The molecule has 0 saturated carbocycles. The van der Waals surface area contributed by atoms with Gasteiger partial charge in [0, 0.05) is 12.6 Å². The van der Waals surface area contributed by atoms with Crippen LogP contribution in [0.1, 0.15) is 5.56 Å². The quantitative estimate of drug-likeness (QED) is 0.352. The monoisotopic (exact) mass is 554 g/mol. The van der Waals surface area contributed by atoms with Crippen molar-refractivity contribution in [3.8, 4) is 17.2 Å². The Hall–Kier alpha value is -4.09. The second-order valence-electron chi connectivity index (χ2n) is 8.69. The van der Waals surface area contributed by atoms with Crippen molar-refractivity contribution in [3.05, 3.63) is 78.4 Å². The van der Waals surface area contributed by atoms with Crippen molar-refractivity contribution >= 4 is 27.6 Å². The zero-order chi connectivity index (χ0) is 28.0. The van der Waals surface area contributed by atoms with Gasteiger partial charge in [-0.25, -0.2) is 13.2 Å². The second kappa shape index (κ2) is 12.2. The zero-order valence-electron chi connectivity index (χ0n) is 21.9. The van der Waals surface area contributed by atoms with Crippen molar-refractivity contribution in [3.63, 3.8) is 0 Å². The van der Waals surface area contributed by atoms with Crippen molar-refractivity contribution in [2.24, 2.45) is 0 Å². The van der Waals surface area contributed by atoms with Crippen molar-refractivity contribution in [1.29, 1.82) is 0 Å². The topological polar surface area (TPSA) is 112 Å². The first kappa shape index (κ1) is 27.9. The fraction of sp³-hybridized carbons (Fsp3) is 0.286. The summed E-state index contributed by atoms with van der Waals surface area (Å²) in [6.45, 7) is -0.546. The molecule has 0 radical (unpaired) electrons. The van der Waals surface area contributed by atoms with Crippen LogP contribution in [0.3, 0.4) is 0 Å². The van der Waals surface area contributed by atoms with E-state index in [2.05, 4.69) is 0 Å². The van der Waals surface area contributed by atoms with Crippen LogP contribution in [0.5, 0.6) is 17.2 Å². The average molecular weight is 555 g/mol. The Labute approximate surface area is 227 Å². The number of esters is 1. The minimum Gasteiger partial charge on any atom is -0.493 e. The Bertz CT molecular complexity index is 1430. The number of anilines is 1. The van der Waals surface area contributed by atoms with E-state index in [1.165, 1.54) is 44.4 Å². The van der Waals surface area contributed by atoms with Gasteiger partial charge < -0.3 is 23.8 Å². The van der Waals surface area contributed by atoms with Crippen LogP contribution in [0.15, 0.2) is 77.7 Å². The molecule has 10 nitrogen and oxygen atoms in total. The number of sulfonamides is 1. The molecule has 0 spiro atoms. The van der Waals surface area contributed by atoms with E-state index in [9.17, 15) is 18.0 Å². The minimum absolute atomic E-state index is 0.0405. The maximum atomic E-state index is 13.9. The van der Waals surface area contributed by atoms with E-state index in [-0.39, 0.29) is 23.7 Å². The zero-order valence-corrected chi connectivity index (χ0v) is 22.7. The molecular weight excluding hydrogens is 524 g/mol. The first-order chi connectivity index (χ1) is 18.8. The van der Waals surface area contributed by atoms with Gasteiger partial charge in [-0.1, -0.05) is 42.5 Å². The van der Waals surface area contributed by atoms with Gasteiger partial charge in [0.1, 0.15) is 5.75 Å². The van der Waals surface area contributed by atoms with E-state index in [1.807, 2.05) is 30.3 Å². The van der Waals surface area contributed by atoms with Crippen LogP contribution < -0.4 is 19.1 Å². The summed E-state index contributed by atoms with van der Waals surface area (Å²) in [5, 5.41) is 0. The predicted octanol–water partition coefficient (Wildman–Crippen LogP) is 2.90. The number of fused-ring (bicyclic) bond motifs is 1. The van der Waals surface area contributed by atoms with Gasteiger partial charge in [0.2, 0.25) is 22.0 Å². The molecule has 206 valence electrons. The molecule has 11 heteroatoms. The third-order valence-electron chi connectivity index (χ3n) is 6.34. The molecule has 0 saturated heterocycles. The molecular formula is C28H30N2O8S. The van der Waals surface area contributed by atoms with Gasteiger partial charge in [-0.15, -0.1) is 0 Å². The Morgan fingerprint density at radius 3 is 2.33 bits per heavy atom. The number of methoxy groups -OCH3 is 3. The normalized spacial score (nSPS) is 14.8. The fourth-order valence-electron chi connectivity index (χ4n) is 4.27. The molecule has 0 bridgehead atoms. The summed E-state index contributed by atoms with van der Waals surface area (Å²) in [6, 6.07) is 20.4. The van der Waals surface area contributed by atoms with Crippen molar-refractivity contribution < 1.29 is 37.0 Å². The number of nitrogens with zero attached hydrogens (tertiary/aromatic N) is 2. The van der Waals surface area contributed by atoms with Crippen molar-refractivity contribution in [2.45, 2.75) is 17.4 Å². The van der Waals surface area contributed by atoms with Crippen molar-refractivity contribution in [2.75, 3.05) is 45.9 Å². The summed E-state index contributed by atoms with van der Waals surface area (Å²) in [6.07, 6.45) is -0.667. The van der Waals surface area contributed by atoms with Crippen LogP contribution >= 0.6 is 0 Å². The molecule has 0 aromatic heterocycles. The van der Waals surface area contributed by atoms with Gasteiger partial charge in [0.05, 0.1) is 45.0 Å². The van der Waals surface area contributed by atoms with Gasteiger partial charge in [-0.3, -0.25) is 4.79 Å². The van der Waals surface area contributed by atoms with Gasteiger partial charge in [-0.05, 0) is 36.2 Å². The van der Waals surface area contributed by atoms with E-state index in [0.29, 0.717) is 23.6 Å². The Morgan fingerprint density at radius 1 is 0.949 bits per heavy atom. The summed E-state index contributed by atoms with van der Waals surface area (Å²) in [5.74, 6) is -0.206. The van der Waals surface area contributed by atoms with Crippen LogP contribution in [-0.2, 0) is 30.8 Å². The van der Waals surface area contributed by atoms with E-state index in [0.717, 1.165) is 9.87 Å². The van der Waals surface area contributed by atoms with Gasteiger partial charge in [-0.2, -0.15) is 4.31 Å². The van der Waals surface area contributed by atoms with Crippen LogP contribution in [0.25, 0.3) is 0 Å². The number of ether oxygens (including phenoxy) is 4. The molecule has 0 aliphatic carbocycles. The molecule has 3 aromatic rings. The van der Waals surface area contributed by atoms with Crippen LogP contribution in [0.2, 0.25) is 0 Å². The highest BCUT2D eigenvalue weighted by molar-refractivity contribution is 7.89. The largest absolute Gasteiger partial charge is 0.493 e. The number of carbonyl (C=O) groups is 2. The summed E-state index contributed by atoms with van der Waals surface area (Å²) < 4.78 is 50.0. The van der Waals surface area contributed by atoms with Crippen molar-refractivity contribution in [1.82, 2.24) is 4.31 Å².